The normalized spacial score (nSPS) is 9.89. The lowest BCUT2D eigenvalue weighted by atomic mass is 10.2. The molecule has 2 nitrogen and oxygen atoms in total. The van der Waals surface area contributed by atoms with Gasteiger partial charge in [-0.3, -0.25) is 4.79 Å². The summed E-state index contributed by atoms with van der Waals surface area (Å²) in [7, 11) is 0. The van der Waals surface area contributed by atoms with E-state index in [1.165, 1.54) is 12.2 Å². The number of hydrogen-bond donors (Lipinski definition) is 1. The number of hydrogen-bond acceptors (Lipinski definition) is 1. The van der Waals surface area contributed by atoms with E-state index in [2.05, 4.69) is 12.5 Å². The van der Waals surface area contributed by atoms with Gasteiger partial charge in [0.15, 0.2) is 0 Å². The maximum absolute atomic E-state index is 10.3. The molecule has 0 saturated carbocycles. The smallest absolute Gasteiger partial charge is 0.257 e. The maximum Gasteiger partial charge on any atom is 0.257 e. The molecule has 46 valence electrons. The summed E-state index contributed by atoms with van der Waals surface area (Å²) in [6, 6.07) is 0. The molecular weight excluding hydrogens is 114 g/mol. The third kappa shape index (κ3) is 2.35. The highest BCUT2D eigenvalue weighted by atomic mass is 16.1. The summed E-state index contributed by atoms with van der Waals surface area (Å²) >= 11 is 0. The summed E-state index contributed by atoms with van der Waals surface area (Å²) in [5, 5.41) is 0. The number of carbonyl (C=O) groups excluding carboxylic acids is 1. The molecule has 0 aliphatic carbocycles. The van der Waals surface area contributed by atoms with Crippen molar-refractivity contribution < 1.29 is 4.79 Å². The number of terminal acetylenes is 1. The second-order valence-electron chi connectivity index (χ2n) is 1.32. The van der Waals surface area contributed by atoms with Crippen molar-refractivity contribution in [3.05, 3.63) is 24.3 Å². The number of allylic oxidation sites excluding steroid dienone is 2. The fourth-order valence-electron chi connectivity index (χ4n) is 0.319. The van der Waals surface area contributed by atoms with Gasteiger partial charge in [0, 0.05) is 0 Å². The third-order valence-corrected chi connectivity index (χ3v) is 0.705. The Morgan fingerprint density at radius 1 is 1.78 bits per heavy atom. The van der Waals surface area contributed by atoms with E-state index in [1.807, 2.05) is 0 Å². The van der Waals surface area contributed by atoms with Gasteiger partial charge in [-0.25, -0.2) is 0 Å². The van der Waals surface area contributed by atoms with Crippen molar-refractivity contribution >= 4 is 5.91 Å². The largest absolute Gasteiger partial charge is 0.365 e. The molecule has 2 heteroatoms. The molecule has 2 N–H and O–H groups in total. The Morgan fingerprint density at radius 2 is 2.33 bits per heavy atom. The highest BCUT2D eigenvalue weighted by Gasteiger charge is 1.95. The second-order valence-corrected chi connectivity index (χ2v) is 1.32. The van der Waals surface area contributed by atoms with Crippen LogP contribution in [0.15, 0.2) is 24.3 Å². The quantitative estimate of drug-likeness (QED) is 0.317. The van der Waals surface area contributed by atoms with Crippen molar-refractivity contribution in [1.29, 1.82) is 0 Å². The highest BCUT2D eigenvalue weighted by molar-refractivity contribution is 5.96. The molecule has 0 aromatic carbocycles. The van der Waals surface area contributed by atoms with Crippen LogP contribution in [0, 0.1) is 12.3 Å². The molecule has 0 heterocycles. The molecule has 0 radical (unpaired) electrons. The average molecular weight is 121 g/mol. The molecule has 0 bridgehead atoms. The minimum atomic E-state index is -0.600. The van der Waals surface area contributed by atoms with Crippen molar-refractivity contribution in [2.24, 2.45) is 5.73 Å². The third-order valence-electron chi connectivity index (χ3n) is 0.705. The van der Waals surface area contributed by atoms with Gasteiger partial charge in [-0.1, -0.05) is 18.6 Å². The SMILES string of the molecule is C#C/C(=C\C=C)C(N)=O. The zero-order chi connectivity index (χ0) is 7.28. The summed E-state index contributed by atoms with van der Waals surface area (Å²) in [6.07, 6.45) is 7.70. The van der Waals surface area contributed by atoms with Crippen LogP contribution in [0.4, 0.5) is 0 Å². The summed E-state index contributed by atoms with van der Waals surface area (Å²) in [5.74, 6) is 1.52. The number of rotatable bonds is 2. The first-order chi connectivity index (χ1) is 4.22. The molecule has 9 heavy (non-hydrogen) atoms. The molecule has 0 spiro atoms. The van der Waals surface area contributed by atoms with E-state index < -0.39 is 5.91 Å². The van der Waals surface area contributed by atoms with Crippen molar-refractivity contribution in [2.45, 2.75) is 0 Å². The average Bonchev–Trinajstić information content (AvgIpc) is 1.82. The lowest BCUT2D eigenvalue weighted by molar-refractivity contribution is -0.114. The Bertz CT molecular complexity index is 195. The molecule has 0 fully saturated rings. The first-order valence-electron chi connectivity index (χ1n) is 2.31. The van der Waals surface area contributed by atoms with E-state index in [4.69, 9.17) is 12.2 Å². The standard InChI is InChI=1S/C7H7NO/c1-3-5-6(4-2)7(8)9/h2-3,5H,1H2,(H2,8,9)/b6-5+. The predicted octanol–water partition coefficient (Wildman–Crippen LogP) is 0.217. The second kappa shape index (κ2) is 3.50. The molecule has 0 unspecified atom stereocenters. The van der Waals surface area contributed by atoms with Gasteiger partial charge < -0.3 is 5.73 Å². The molecule has 0 aliphatic rings. The van der Waals surface area contributed by atoms with Gasteiger partial charge in [0.2, 0.25) is 0 Å². The van der Waals surface area contributed by atoms with E-state index in [1.54, 1.807) is 0 Å². The summed E-state index contributed by atoms with van der Waals surface area (Å²) in [5.41, 5.74) is 4.98. The molecule has 0 atom stereocenters. The van der Waals surface area contributed by atoms with E-state index in [9.17, 15) is 4.79 Å². The van der Waals surface area contributed by atoms with E-state index >= 15 is 0 Å². The highest BCUT2D eigenvalue weighted by Crippen LogP contribution is 1.88. The van der Waals surface area contributed by atoms with Gasteiger partial charge in [0.25, 0.3) is 5.91 Å². The fraction of sp³-hybridized carbons (Fsp3) is 0. The Hall–Kier alpha value is -1.49. The monoisotopic (exact) mass is 121 g/mol. The van der Waals surface area contributed by atoms with Crippen LogP contribution in [-0.4, -0.2) is 5.91 Å². The minimum absolute atomic E-state index is 0.144. The molecule has 0 rings (SSSR count). The summed E-state index contributed by atoms with van der Waals surface area (Å²) in [4.78, 5) is 10.3. The number of primary amides is 1. The summed E-state index contributed by atoms with van der Waals surface area (Å²) in [6.45, 7) is 3.35. The number of amides is 1. The Morgan fingerprint density at radius 3 is 2.44 bits per heavy atom. The van der Waals surface area contributed by atoms with Crippen LogP contribution in [0.3, 0.4) is 0 Å². The van der Waals surface area contributed by atoms with Gasteiger partial charge in [-0.2, -0.15) is 0 Å². The Kier molecular flexibility index (Phi) is 2.92. The van der Waals surface area contributed by atoms with Crippen LogP contribution in [0.25, 0.3) is 0 Å². The molecule has 0 saturated heterocycles. The molecule has 1 amide bonds. The van der Waals surface area contributed by atoms with E-state index in [0.717, 1.165) is 0 Å². The van der Waals surface area contributed by atoms with Crippen LogP contribution in [-0.2, 0) is 4.79 Å². The maximum atomic E-state index is 10.3. The van der Waals surface area contributed by atoms with Crippen LogP contribution in [0.2, 0.25) is 0 Å². The lowest BCUT2D eigenvalue weighted by Gasteiger charge is -1.86. The van der Waals surface area contributed by atoms with Gasteiger partial charge in [0.1, 0.15) is 0 Å². The molecule has 0 aromatic heterocycles. The zero-order valence-corrected chi connectivity index (χ0v) is 4.92. The topological polar surface area (TPSA) is 43.1 Å². The van der Waals surface area contributed by atoms with E-state index in [-0.39, 0.29) is 5.57 Å². The first-order valence-corrected chi connectivity index (χ1v) is 2.31. The van der Waals surface area contributed by atoms with Crippen molar-refractivity contribution in [3.8, 4) is 12.3 Å². The fourth-order valence-corrected chi connectivity index (χ4v) is 0.319. The predicted molar refractivity (Wildman–Crippen MR) is 36.3 cm³/mol. The molecular formula is C7H7NO. The van der Waals surface area contributed by atoms with Gasteiger partial charge >= 0.3 is 0 Å². The van der Waals surface area contributed by atoms with Crippen molar-refractivity contribution in [1.82, 2.24) is 0 Å². The Labute approximate surface area is 54.1 Å². The van der Waals surface area contributed by atoms with Crippen molar-refractivity contribution in [2.75, 3.05) is 0 Å². The zero-order valence-electron chi connectivity index (χ0n) is 4.92. The van der Waals surface area contributed by atoms with Crippen LogP contribution >= 0.6 is 0 Å². The Balaban J connectivity index is 4.38. The minimum Gasteiger partial charge on any atom is -0.365 e. The number of carbonyl (C=O) groups is 1. The number of nitrogens with two attached hydrogens (primary N) is 1. The lowest BCUT2D eigenvalue weighted by Crippen LogP contribution is -2.12. The molecule has 0 aliphatic heterocycles. The van der Waals surface area contributed by atoms with Crippen LogP contribution in [0.1, 0.15) is 0 Å². The van der Waals surface area contributed by atoms with Crippen molar-refractivity contribution in [3.63, 3.8) is 0 Å². The summed E-state index contributed by atoms with van der Waals surface area (Å²) < 4.78 is 0. The molecule has 0 aromatic rings. The van der Waals surface area contributed by atoms with Gasteiger partial charge in [-0.05, 0) is 6.08 Å². The van der Waals surface area contributed by atoms with E-state index in [0.29, 0.717) is 0 Å². The van der Waals surface area contributed by atoms with Gasteiger partial charge in [0.05, 0.1) is 5.57 Å². The van der Waals surface area contributed by atoms with Gasteiger partial charge in [-0.15, -0.1) is 6.42 Å². The first kappa shape index (κ1) is 7.51. The van der Waals surface area contributed by atoms with Crippen LogP contribution < -0.4 is 5.73 Å². The van der Waals surface area contributed by atoms with Crippen LogP contribution in [0.5, 0.6) is 0 Å².